The molecule has 22 heavy (non-hydrogen) atoms. The number of carbonyl (C=O) groups excluding carboxylic acids is 1. The number of amides is 1. The number of nitroso groups, excluding NO2 is 1. The molecule has 0 aliphatic rings. The number of carboxylic acid groups (broad SMARTS) is 2. The molecule has 0 unspecified atom stereocenters. The summed E-state index contributed by atoms with van der Waals surface area (Å²) in [6.07, 6.45) is -0.576. The highest BCUT2D eigenvalue weighted by molar-refractivity contribution is 5.96. The van der Waals surface area contributed by atoms with Crippen LogP contribution >= 0.6 is 0 Å². The number of benzene rings is 1. The van der Waals surface area contributed by atoms with Gasteiger partial charge in [0.1, 0.15) is 16.6 Å². The fourth-order valence-electron chi connectivity index (χ4n) is 1.64. The molecule has 1 atom stereocenters. The van der Waals surface area contributed by atoms with Crippen molar-refractivity contribution in [1.29, 1.82) is 0 Å². The zero-order valence-electron chi connectivity index (χ0n) is 11.8. The molecule has 0 bridgehead atoms. The predicted molar refractivity (Wildman–Crippen MR) is 75.4 cm³/mol. The molecule has 0 aromatic heterocycles. The van der Waals surface area contributed by atoms with Gasteiger partial charge in [0.05, 0.1) is 4.91 Å². The molecule has 0 saturated carbocycles. The van der Waals surface area contributed by atoms with Crippen molar-refractivity contribution in [2.75, 3.05) is 12.5 Å². The number of anilines is 1. The van der Waals surface area contributed by atoms with Gasteiger partial charge in [-0.2, -0.15) is 0 Å². The Balaban J connectivity index is 2.71. The van der Waals surface area contributed by atoms with Crippen molar-refractivity contribution in [1.82, 2.24) is 5.32 Å². The predicted octanol–water partition coefficient (Wildman–Crippen LogP) is 0.470. The van der Waals surface area contributed by atoms with Gasteiger partial charge in [0, 0.05) is 12.0 Å². The van der Waals surface area contributed by atoms with Crippen LogP contribution in [0.1, 0.15) is 23.2 Å². The van der Waals surface area contributed by atoms with E-state index in [1.165, 1.54) is 31.3 Å². The summed E-state index contributed by atoms with van der Waals surface area (Å²) in [5, 5.41) is 19.8. The maximum absolute atomic E-state index is 11.9. The van der Waals surface area contributed by atoms with Gasteiger partial charge in [-0.15, -0.1) is 5.43 Å². The Morgan fingerprint density at radius 2 is 1.77 bits per heavy atom. The first kappa shape index (κ1) is 17.1. The minimum absolute atomic E-state index is 0.195. The summed E-state index contributed by atoms with van der Waals surface area (Å²) in [5.74, 6) is -3.08. The third kappa shape index (κ3) is 5.57. The van der Waals surface area contributed by atoms with E-state index < -0.39 is 23.9 Å². The lowest BCUT2D eigenvalue weighted by molar-refractivity contribution is -0.486. The van der Waals surface area contributed by atoms with Gasteiger partial charge in [-0.1, -0.05) is 0 Å². The molecule has 0 heterocycles. The molecule has 0 spiro atoms. The average Bonchev–Trinajstić information content (AvgIpc) is 2.42. The molecule has 1 amide bonds. The van der Waals surface area contributed by atoms with E-state index in [-0.39, 0.29) is 18.4 Å². The van der Waals surface area contributed by atoms with E-state index in [0.717, 1.165) is 0 Å². The van der Waals surface area contributed by atoms with E-state index in [1.807, 2.05) is 0 Å². The van der Waals surface area contributed by atoms with Crippen molar-refractivity contribution in [3.8, 4) is 0 Å². The normalized spacial score (nSPS) is 11.3. The second kappa shape index (κ2) is 7.72. The molecule has 0 saturated heterocycles. The molecule has 0 aliphatic carbocycles. The van der Waals surface area contributed by atoms with E-state index >= 15 is 0 Å². The molecule has 118 valence electrons. The zero-order valence-corrected chi connectivity index (χ0v) is 11.8. The highest BCUT2D eigenvalue weighted by atomic mass is 16.4. The van der Waals surface area contributed by atoms with Crippen LogP contribution in [0.15, 0.2) is 24.3 Å². The highest BCUT2D eigenvalue weighted by Crippen LogP contribution is 2.10. The van der Waals surface area contributed by atoms with Crippen molar-refractivity contribution in [2.45, 2.75) is 18.9 Å². The van der Waals surface area contributed by atoms with Gasteiger partial charge in [-0.3, -0.25) is 9.59 Å². The first-order valence-electron chi connectivity index (χ1n) is 6.32. The Morgan fingerprint density at radius 3 is 2.23 bits per heavy atom. The highest BCUT2D eigenvalue weighted by Gasteiger charge is 2.21. The van der Waals surface area contributed by atoms with Crippen LogP contribution in [0.3, 0.4) is 0 Å². The van der Waals surface area contributed by atoms with Crippen LogP contribution in [0.25, 0.3) is 0 Å². The summed E-state index contributed by atoms with van der Waals surface area (Å²) in [7, 11) is 1.26. The topological polar surface area (TPSA) is 136 Å². The van der Waals surface area contributed by atoms with Crippen LogP contribution in [-0.2, 0) is 9.59 Å². The number of nitrogens with zero attached hydrogens (tertiary/aromatic N) is 1. The fourth-order valence-corrected chi connectivity index (χ4v) is 1.64. The van der Waals surface area contributed by atoms with Crippen LogP contribution in [0.4, 0.5) is 5.69 Å². The number of nitrogens with one attached hydrogen (secondary N) is 2. The number of hydrogen-bond acceptors (Lipinski definition) is 4. The molecule has 0 aliphatic heterocycles. The molecule has 4 N–H and O–H groups in total. The summed E-state index contributed by atoms with van der Waals surface area (Å²) in [5.41, 5.74) is 3.11. The zero-order chi connectivity index (χ0) is 16.7. The average molecular weight is 310 g/mol. The molecular formula is C13H16N3O6+. The summed E-state index contributed by atoms with van der Waals surface area (Å²) in [6.45, 7) is 0. The lowest BCUT2D eigenvalue weighted by Crippen LogP contribution is -2.41. The van der Waals surface area contributed by atoms with Crippen LogP contribution in [0.5, 0.6) is 0 Å². The lowest BCUT2D eigenvalue weighted by Gasteiger charge is -2.13. The standard InChI is InChI=1S/C13H15N3O6/c1-16(22)15-9-4-2-8(3-5-9)12(19)14-10(13(20)21)6-7-11(17)18/h2-5,10H,6-7H2,1H3,(H3-,14,15,17,18,19,20,21,22)/p+1/t10-/m0/s1. The van der Waals surface area contributed by atoms with Gasteiger partial charge in [0.15, 0.2) is 0 Å². The smallest absolute Gasteiger partial charge is 0.326 e. The van der Waals surface area contributed by atoms with E-state index in [9.17, 15) is 19.3 Å². The lowest BCUT2D eigenvalue weighted by atomic mass is 10.1. The van der Waals surface area contributed by atoms with Crippen molar-refractivity contribution in [2.24, 2.45) is 0 Å². The van der Waals surface area contributed by atoms with Gasteiger partial charge in [-0.05, 0) is 30.7 Å². The fraction of sp³-hybridized carbons (Fsp3) is 0.308. The number of carboxylic acids is 2. The monoisotopic (exact) mass is 310 g/mol. The van der Waals surface area contributed by atoms with Crippen molar-refractivity contribution >= 4 is 23.5 Å². The Bertz CT molecular complexity index is 584. The molecule has 1 rings (SSSR count). The van der Waals surface area contributed by atoms with Crippen LogP contribution in [-0.4, -0.2) is 46.0 Å². The number of hydrazine groups is 1. The first-order valence-corrected chi connectivity index (χ1v) is 6.32. The van der Waals surface area contributed by atoms with E-state index in [4.69, 9.17) is 10.2 Å². The third-order valence-corrected chi connectivity index (χ3v) is 2.68. The Hall–Kier alpha value is -2.97. The van der Waals surface area contributed by atoms with Crippen molar-refractivity contribution < 1.29 is 29.5 Å². The molecule has 0 radical (unpaired) electrons. The summed E-state index contributed by atoms with van der Waals surface area (Å²) < 4.78 is 0. The quantitative estimate of drug-likeness (QED) is 0.405. The van der Waals surface area contributed by atoms with Gasteiger partial charge < -0.3 is 15.5 Å². The van der Waals surface area contributed by atoms with Crippen LogP contribution in [0, 0.1) is 4.91 Å². The number of rotatable bonds is 8. The largest absolute Gasteiger partial charge is 0.481 e. The Morgan fingerprint density at radius 1 is 1.18 bits per heavy atom. The number of hydrogen-bond donors (Lipinski definition) is 4. The molecule has 9 heteroatoms. The summed E-state index contributed by atoms with van der Waals surface area (Å²) in [4.78, 5) is 44.7. The number of carbonyl (C=O) groups is 3. The van der Waals surface area contributed by atoms with Gasteiger partial charge in [0.2, 0.25) is 7.05 Å². The van der Waals surface area contributed by atoms with Gasteiger partial charge >= 0.3 is 11.9 Å². The minimum Gasteiger partial charge on any atom is -0.481 e. The van der Waals surface area contributed by atoms with Crippen LogP contribution in [0.2, 0.25) is 0 Å². The van der Waals surface area contributed by atoms with Crippen molar-refractivity contribution in [3.63, 3.8) is 0 Å². The van der Waals surface area contributed by atoms with E-state index in [0.29, 0.717) is 10.6 Å². The maximum atomic E-state index is 11.9. The molecule has 0 fully saturated rings. The van der Waals surface area contributed by atoms with E-state index in [2.05, 4.69) is 10.7 Å². The molecule has 1 aromatic rings. The molecule has 9 nitrogen and oxygen atoms in total. The molecular weight excluding hydrogens is 294 g/mol. The maximum Gasteiger partial charge on any atom is 0.326 e. The Labute approximate surface area is 125 Å². The SMILES string of the molecule is C[N+](=O)Nc1ccc(C(=O)N[C@@H](CCC(=O)O)C(=O)O)cc1. The number of aliphatic carboxylic acids is 2. The Kier molecular flexibility index (Phi) is 5.99. The minimum atomic E-state index is -1.30. The second-order valence-corrected chi connectivity index (χ2v) is 4.48. The van der Waals surface area contributed by atoms with Crippen LogP contribution < -0.4 is 10.7 Å². The summed E-state index contributed by atoms with van der Waals surface area (Å²) in [6, 6.07) is 4.51. The van der Waals surface area contributed by atoms with Gasteiger partial charge in [0.25, 0.3) is 5.91 Å². The third-order valence-electron chi connectivity index (χ3n) is 2.68. The second-order valence-electron chi connectivity index (χ2n) is 4.48. The van der Waals surface area contributed by atoms with Gasteiger partial charge in [-0.25, -0.2) is 4.79 Å². The van der Waals surface area contributed by atoms with Crippen molar-refractivity contribution in [3.05, 3.63) is 34.7 Å². The van der Waals surface area contributed by atoms with E-state index in [1.54, 1.807) is 0 Å². The summed E-state index contributed by atoms with van der Waals surface area (Å²) >= 11 is 0. The first-order chi connectivity index (χ1) is 10.3. The molecule has 1 aromatic carbocycles.